The molecule has 65 heavy (non-hydrogen) atoms. The molecule has 0 spiro atoms. The number of H-pyrrole nitrogens is 1. The number of carbonyl (C=O) groups excluding carboxylic acids is 2. The lowest BCUT2D eigenvalue weighted by molar-refractivity contribution is -0.132. The van der Waals surface area contributed by atoms with Gasteiger partial charge in [0.2, 0.25) is 11.8 Å². The minimum absolute atomic E-state index is 0.00463. The van der Waals surface area contributed by atoms with Gasteiger partial charge in [0.15, 0.2) is 0 Å². The summed E-state index contributed by atoms with van der Waals surface area (Å²) in [7, 11) is 3.20. The highest BCUT2D eigenvalue weighted by atomic mass is 35.5. The van der Waals surface area contributed by atoms with Crippen LogP contribution < -0.4 is 19.3 Å². The van der Waals surface area contributed by atoms with Crippen molar-refractivity contribution in [2.75, 3.05) is 82.3 Å². The molecule has 0 saturated carbocycles. The molecule has 0 atom stereocenters. The van der Waals surface area contributed by atoms with Crippen LogP contribution in [-0.2, 0) is 16.1 Å². The van der Waals surface area contributed by atoms with E-state index >= 15 is 0 Å². The van der Waals surface area contributed by atoms with Gasteiger partial charge in [0.25, 0.3) is 0 Å². The molecule has 0 unspecified atom stereocenters. The number of pyridine rings is 2. The van der Waals surface area contributed by atoms with Crippen LogP contribution >= 0.6 is 58.0 Å². The third-order valence-corrected chi connectivity index (χ3v) is 12.8. The van der Waals surface area contributed by atoms with Crippen molar-refractivity contribution in [3.8, 4) is 34.0 Å². The molecular formula is C46H51Cl5N10O4. The summed E-state index contributed by atoms with van der Waals surface area (Å²) < 4.78 is 12.2. The van der Waals surface area contributed by atoms with Crippen molar-refractivity contribution in [3.63, 3.8) is 0 Å². The Morgan fingerprint density at radius 1 is 0.631 bits per heavy atom. The number of aryl methyl sites for hydroxylation is 3. The number of amides is 2. The van der Waals surface area contributed by atoms with Gasteiger partial charge in [0.05, 0.1) is 45.7 Å². The first-order chi connectivity index (χ1) is 31.2. The van der Waals surface area contributed by atoms with Gasteiger partial charge < -0.3 is 29.1 Å². The van der Waals surface area contributed by atoms with Crippen molar-refractivity contribution in [1.29, 1.82) is 0 Å². The van der Waals surface area contributed by atoms with Crippen molar-refractivity contribution in [2.45, 2.75) is 34.2 Å². The van der Waals surface area contributed by atoms with E-state index in [1.54, 1.807) is 36.2 Å². The fraction of sp³-hybridized carbons (Fsp3) is 0.348. The van der Waals surface area contributed by atoms with Crippen LogP contribution in [0.2, 0.25) is 20.1 Å². The number of nitrogens with zero attached hydrogens (tertiary/aromatic N) is 9. The number of rotatable bonds is 9. The third kappa shape index (κ3) is 12.4. The van der Waals surface area contributed by atoms with E-state index in [2.05, 4.69) is 35.1 Å². The molecule has 2 aliphatic rings. The molecule has 14 nitrogen and oxygen atoms in total. The Labute approximate surface area is 404 Å². The van der Waals surface area contributed by atoms with Crippen LogP contribution in [0.25, 0.3) is 22.5 Å². The maximum absolute atomic E-state index is 13.0. The van der Waals surface area contributed by atoms with Crippen LogP contribution in [0.1, 0.15) is 22.8 Å². The summed E-state index contributed by atoms with van der Waals surface area (Å²) in [5.41, 5.74) is 8.93. The molecule has 0 radical (unpaired) electrons. The van der Waals surface area contributed by atoms with Crippen LogP contribution in [0.5, 0.6) is 11.5 Å². The van der Waals surface area contributed by atoms with Gasteiger partial charge in [-0.25, -0.2) is 0 Å². The lowest BCUT2D eigenvalue weighted by Crippen LogP contribution is -2.49. The summed E-state index contributed by atoms with van der Waals surface area (Å²) in [6.07, 6.45) is 3.49. The maximum atomic E-state index is 13.0. The number of hydrogen-bond donors (Lipinski definition) is 1. The van der Waals surface area contributed by atoms with E-state index in [-0.39, 0.29) is 24.2 Å². The zero-order valence-electron chi connectivity index (χ0n) is 37.0. The molecule has 2 fully saturated rings. The fourth-order valence-corrected chi connectivity index (χ4v) is 8.28. The largest absolute Gasteiger partial charge is 0.495 e. The van der Waals surface area contributed by atoms with Gasteiger partial charge in [-0.15, -0.1) is 11.6 Å². The number of anilines is 2. The summed E-state index contributed by atoms with van der Waals surface area (Å²) >= 11 is 30.3. The second kappa shape index (κ2) is 22.8. The van der Waals surface area contributed by atoms with Gasteiger partial charge in [0, 0.05) is 111 Å². The van der Waals surface area contributed by atoms with E-state index in [0.717, 1.165) is 77.2 Å². The van der Waals surface area contributed by atoms with Gasteiger partial charge in [-0.1, -0.05) is 46.4 Å². The predicted octanol–water partition coefficient (Wildman–Crippen LogP) is 9.20. The van der Waals surface area contributed by atoms with Crippen LogP contribution in [0.4, 0.5) is 11.4 Å². The van der Waals surface area contributed by atoms with E-state index in [1.807, 2.05) is 93.3 Å². The Kier molecular flexibility index (Phi) is 17.2. The first-order valence-corrected chi connectivity index (χ1v) is 22.8. The summed E-state index contributed by atoms with van der Waals surface area (Å²) in [4.78, 5) is 40.9. The Bertz CT molecular complexity index is 2590. The number of hydrogen-bond acceptors (Lipinski definition) is 10. The number of methoxy groups -OCH3 is 2. The summed E-state index contributed by atoms with van der Waals surface area (Å²) in [6, 6.07) is 19.1. The highest BCUT2D eigenvalue weighted by molar-refractivity contribution is 6.34. The Balaban J connectivity index is 0.000000179. The normalized spacial score (nSPS) is 13.7. The summed E-state index contributed by atoms with van der Waals surface area (Å²) in [5.74, 6) is 1.38. The molecule has 6 aromatic rings. The highest BCUT2D eigenvalue weighted by Crippen LogP contribution is 2.33. The molecule has 2 amide bonds. The standard InChI is InChI=1S/C23H25Cl2N5O2.C13H16Cl2N2O2.C10H10ClN3/c1-15-12-17(6-7-26-15)23-22(25)16(2)30(27-23)14-21(31)29-10-8-28(9-11-29)18-4-5-19(24)20(13-18)32-3;1-19-12-8-10(2-3-11(12)15)16-4-6-17(7-5-16)13(18)9-14;1-6-5-8(3-4-12-6)10-9(11)7(2)13-14-10/h4-7,12-13H,8-11,14H2,1-3H3;2-3,8H,4-7,9H2,1H3;3-5H,1-2H3,(H,13,14). The number of aromatic amines is 1. The van der Waals surface area contributed by atoms with Gasteiger partial charge in [0.1, 0.15) is 35.3 Å². The van der Waals surface area contributed by atoms with E-state index in [1.165, 1.54) is 0 Å². The van der Waals surface area contributed by atoms with Crippen molar-refractivity contribution in [2.24, 2.45) is 0 Å². The van der Waals surface area contributed by atoms with Gasteiger partial charge >= 0.3 is 0 Å². The van der Waals surface area contributed by atoms with E-state index in [4.69, 9.17) is 67.5 Å². The molecule has 0 bridgehead atoms. The third-order valence-electron chi connectivity index (χ3n) is 11.0. The van der Waals surface area contributed by atoms with Crippen molar-refractivity contribution in [3.05, 3.63) is 116 Å². The summed E-state index contributed by atoms with van der Waals surface area (Å²) in [5, 5.41) is 14.0. The highest BCUT2D eigenvalue weighted by Gasteiger charge is 2.25. The molecule has 344 valence electrons. The molecule has 8 rings (SSSR count). The molecular weight excluding hydrogens is 934 g/mol. The first kappa shape index (κ1) is 49.2. The van der Waals surface area contributed by atoms with Crippen molar-refractivity contribution < 1.29 is 19.1 Å². The van der Waals surface area contributed by atoms with E-state index < -0.39 is 0 Å². The zero-order chi connectivity index (χ0) is 46.8. The van der Waals surface area contributed by atoms with Gasteiger partial charge in [-0.2, -0.15) is 10.2 Å². The molecule has 4 aromatic heterocycles. The van der Waals surface area contributed by atoms with Crippen molar-refractivity contribution in [1.82, 2.24) is 39.7 Å². The van der Waals surface area contributed by atoms with Gasteiger partial charge in [-0.3, -0.25) is 29.3 Å². The molecule has 0 aliphatic carbocycles. The molecule has 6 heterocycles. The fourth-order valence-electron chi connectivity index (χ4n) is 7.29. The number of alkyl halides is 1. The molecule has 2 saturated heterocycles. The van der Waals surface area contributed by atoms with Gasteiger partial charge in [-0.05, 0) is 76.2 Å². The number of piperazine rings is 2. The van der Waals surface area contributed by atoms with Crippen molar-refractivity contribution >= 4 is 81.2 Å². The SMILES string of the molecule is COc1cc(N2CCN(C(=O)CCl)CC2)ccc1Cl.COc1cc(N2CCN(C(=O)Cn3nc(-c4ccnc(C)c4)c(Cl)c3C)CC2)ccc1Cl.Cc1cc(-c2n[nH]c(C)c2Cl)ccn1. The van der Waals surface area contributed by atoms with E-state index in [9.17, 15) is 9.59 Å². The van der Waals surface area contributed by atoms with Crippen LogP contribution in [0.3, 0.4) is 0 Å². The second-order valence-electron chi connectivity index (χ2n) is 15.3. The molecule has 2 aromatic carbocycles. The Morgan fingerprint density at radius 2 is 1.11 bits per heavy atom. The summed E-state index contributed by atoms with van der Waals surface area (Å²) in [6.45, 7) is 13.5. The minimum Gasteiger partial charge on any atom is -0.495 e. The quantitative estimate of drug-likeness (QED) is 0.140. The zero-order valence-corrected chi connectivity index (χ0v) is 40.8. The monoisotopic (exact) mass is 982 g/mol. The molecule has 19 heteroatoms. The van der Waals surface area contributed by atoms with E-state index in [0.29, 0.717) is 63.5 Å². The predicted molar refractivity (Wildman–Crippen MR) is 261 cm³/mol. The second-order valence-corrected chi connectivity index (χ2v) is 17.1. The number of halogens is 5. The Morgan fingerprint density at radius 3 is 1.54 bits per heavy atom. The number of benzene rings is 2. The minimum atomic E-state index is -0.00463. The number of nitrogens with one attached hydrogen (secondary N) is 1. The Hall–Kier alpha value is -5.25. The lowest BCUT2D eigenvalue weighted by Gasteiger charge is -2.36. The lowest BCUT2D eigenvalue weighted by atomic mass is 10.1. The van der Waals surface area contributed by atoms with Crippen LogP contribution in [-0.4, -0.2) is 124 Å². The first-order valence-electron chi connectivity index (χ1n) is 20.8. The number of ether oxygens (including phenoxy) is 2. The number of aromatic nitrogens is 6. The number of carbonyl (C=O) groups is 2. The average Bonchev–Trinajstić information content (AvgIpc) is 3.81. The smallest absolute Gasteiger partial charge is 0.244 e. The van der Waals surface area contributed by atoms with Crippen LogP contribution in [0, 0.1) is 27.7 Å². The topological polar surface area (TPSA) is 138 Å². The maximum Gasteiger partial charge on any atom is 0.244 e. The average molecular weight is 985 g/mol. The molecule has 1 N–H and O–H groups in total. The molecule has 2 aliphatic heterocycles. The van der Waals surface area contributed by atoms with Crippen LogP contribution in [0.15, 0.2) is 73.1 Å².